The van der Waals surface area contributed by atoms with Crippen molar-refractivity contribution < 1.29 is 0 Å². The molecule has 0 unspecified atom stereocenters. The predicted octanol–water partition coefficient (Wildman–Crippen LogP) is 1.49. The van der Waals surface area contributed by atoms with Gasteiger partial charge in [0, 0.05) is 6.04 Å². The van der Waals surface area contributed by atoms with E-state index >= 15 is 0 Å². The Labute approximate surface area is 51.7 Å². The molecule has 1 heteroatoms. The first-order chi connectivity index (χ1) is 3.84. The van der Waals surface area contributed by atoms with Gasteiger partial charge >= 0.3 is 0 Å². The Kier molecular flexibility index (Phi) is 1.90. The van der Waals surface area contributed by atoms with E-state index in [1.807, 2.05) is 0 Å². The molecule has 1 fully saturated rings. The third-order valence-electron chi connectivity index (χ3n) is 1.75. The highest BCUT2D eigenvalue weighted by molar-refractivity contribution is 4.81. The van der Waals surface area contributed by atoms with Crippen LogP contribution in [0.15, 0.2) is 0 Å². The summed E-state index contributed by atoms with van der Waals surface area (Å²) in [4.78, 5) is 2.46. The van der Waals surface area contributed by atoms with Crippen LogP contribution in [0.4, 0.5) is 0 Å². The quantitative estimate of drug-likeness (QED) is 0.536. The van der Waals surface area contributed by atoms with Crippen LogP contribution in [0, 0.1) is 0 Å². The van der Waals surface area contributed by atoms with Gasteiger partial charge in [-0.3, -0.25) is 0 Å². The van der Waals surface area contributed by atoms with Crippen LogP contribution >= 0.6 is 0 Å². The third-order valence-corrected chi connectivity index (χ3v) is 1.75. The van der Waals surface area contributed by atoms with Gasteiger partial charge in [-0.05, 0) is 32.9 Å². The maximum Gasteiger partial charge on any atom is 0.00933 e. The van der Waals surface area contributed by atoms with Gasteiger partial charge in [0.05, 0.1) is 0 Å². The van der Waals surface area contributed by atoms with Crippen molar-refractivity contribution in [1.82, 2.24) is 4.90 Å². The van der Waals surface area contributed by atoms with Crippen LogP contribution in [0.5, 0.6) is 0 Å². The van der Waals surface area contributed by atoms with Gasteiger partial charge in [0.2, 0.25) is 0 Å². The van der Waals surface area contributed by atoms with Crippen molar-refractivity contribution in [1.29, 1.82) is 0 Å². The largest absolute Gasteiger partial charge is 0.303 e. The lowest BCUT2D eigenvalue weighted by Crippen LogP contribution is -2.20. The van der Waals surface area contributed by atoms with Crippen molar-refractivity contribution in [2.45, 2.75) is 32.2 Å². The summed E-state index contributed by atoms with van der Waals surface area (Å²) in [6, 6.07) is 0.954. The number of hydrogen-bond donors (Lipinski definition) is 0. The highest BCUT2D eigenvalue weighted by Crippen LogP contribution is 2.24. The molecule has 0 saturated heterocycles. The van der Waals surface area contributed by atoms with Crippen molar-refractivity contribution in [3.63, 3.8) is 0 Å². The molecular formula is C7H15N. The maximum absolute atomic E-state index is 2.46. The highest BCUT2D eigenvalue weighted by Gasteiger charge is 2.24. The second kappa shape index (κ2) is 2.49. The molecule has 0 spiro atoms. The van der Waals surface area contributed by atoms with E-state index in [-0.39, 0.29) is 0 Å². The van der Waals surface area contributed by atoms with E-state index in [0.29, 0.717) is 0 Å². The van der Waals surface area contributed by atoms with Crippen LogP contribution in [-0.4, -0.2) is 24.5 Å². The van der Waals surface area contributed by atoms with Gasteiger partial charge in [0.15, 0.2) is 0 Å². The minimum Gasteiger partial charge on any atom is -0.303 e. The van der Waals surface area contributed by atoms with Crippen LogP contribution in [0.25, 0.3) is 0 Å². The summed E-state index contributed by atoms with van der Waals surface area (Å²) in [5.41, 5.74) is 0. The molecule has 48 valence electrons. The molecule has 1 nitrogen and oxygen atoms in total. The first-order valence-electron chi connectivity index (χ1n) is 3.55. The van der Waals surface area contributed by atoms with E-state index in [0.717, 1.165) is 6.04 Å². The van der Waals surface area contributed by atoms with E-state index in [1.54, 1.807) is 0 Å². The van der Waals surface area contributed by atoms with E-state index in [4.69, 9.17) is 0 Å². The average Bonchev–Trinajstić information content (AvgIpc) is 2.45. The zero-order valence-corrected chi connectivity index (χ0v) is 5.85. The third kappa shape index (κ3) is 1.48. The summed E-state index contributed by atoms with van der Waals surface area (Å²) in [7, 11) is 2.22. The lowest BCUT2D eigenvalue weighted by atomic mass is 10.4. The molecule has 0 atom stereocenters. The maximum atomic E-state index is 2.46. The van der Waals surface area contributed by atoms with Gasteiger partial charge in [-0.25, -0.2) is 0 Å². The summed E-state index contributed by atoms with van der Waals surface area (Å²) in [5, 5.41) is 0. The topological polar surface area (TPSA) is 3.24 Å². The summed E-state index contributed by atoms with van der Waals surface area (Å²) in [6.45, 7) is 3.52. The molecule has 8 heavy (non-hydrogen) atoms. The van der Waals surface area contributed by atoms with Gasteiger partial charge in [0.1, 0.15) is 0 Å². The molecule has 0 N–H and O–H groups in total. The monoisotopic (exact) mass is 113 g/mol. The fourth-order valence-corrected chi connectivity index (χ4v) is 1.05. The van der Waals surface area contributed by atoms with E-state index < -0.39 is 0 Å². The molecule has 1 rings (SSSR count). The lowest BCUT2D eigenvalue weighted by Gasteiger charge is -2.12. The Balaban J connectivity index is 2.03. The van der Waals surface area contributed by atoms with Crippen LogP contribution in [0.1, 0.15) is 26.2 Å². The zero-order chi connectivity index (χ0) is 5.98. The van der Waals surface area contributed by atoms with Crippen molar-refractivity contribution in [3.05, 3.63) is 0 Å². The molecule has 0 aromatic carbocycles. The molecule has 0 bridgehead atoms. The van der Waals surface area contributed by atoms with Gasteiger partial charge in [0.25, 0.3) is 0 Å². The molecule has 1 aliphatic rings. The fourth-order valence-electron chi connectivity index (χ4n) is 1.05. The van der Waals surface area contributed by atoms with Crippen molar-refractivity contribution in [2.24, 2.45) is 0 Å². The molecule has 1 saturated carbocycles. The van der Waals surface area contributed by atoms with Crippen LogP contribution < -0.4 is 0 Å². The van der Waals surface area contributed by atoms with Crippen LogP contribution in [0.3, 0.4) is 0 Å². The van der Waals surface area contributed by atoms with Gasteiger partial charge < -0.3 is 4.90 Å². The van der Waals surface area contributed by atoms with Crippen molar-refractivity contribution in [3.8, 4) is 0 Å². The Morgan fingerprint density at radius 1 is 1.50 bits per heavy atom. The Morgan fingerprint density at radius 2 is 2.12 bits per heavy atom. The Bertz CT molecular complexity index is 66.8. The van der Waals surface area contributed by atoms with Crippen molar-refractivity contribution >= 4 is 0 Å². The van der Waals surface area contributed by atoms with E-state index in [2.05, 4.69) is 18.9 Å². The fraction of sp³-hybridized carbons (Fsp3) is 1.00. The smallest absolute Gasteiger partial charge is 0.00933 e. The molecule has 0 radical (unpaired) electrons. The second-order valence-electron chi connectivity index (χ2n) is 2.71. The van der Waals surface area contributed by atoms with E-state index in [9.17, 15) is 0 Å². The Morgan fingerprint density at radius 3 is 2.50 bits per heavy atom. The van der Waals surface area contributed by atoms with Gasteiger partial charge in [-0.2, -0.15) is 0 Å². The first kappa shape index (κ1) is 6.09. The zero-order valence-electron chi connectivity index (χ0n) is 5.85. The predicted molar refractivity (Wildman–Crippen MR) is 35.9 cm³/mol. The molecular weight excluding hydrogens is 98.1 g/mol. The van der Waals surface area contributed by atoms with Crippen LogP contribution in [0.2, 0.25) is 0 Å². The first-order valence-corrected chi connectivity index (χ1v) is 3.55. The SMILES string of the molecule is CCCN(C)C1CC1. The summed E-state index contributed by atoms with van der Waals surface area (Å²) in [6.07, 6.45) is 4.18. The van der Waals surface area contributed by atoms with E-state index in [1.165, 1.54) is 25.8 Å². The number of rotatable bonds is 3. The number of nitrogens with zero attached hydrogens (tertiary/aromatic N) is 1. The van der Waals surface area contributed by atoms with Crippen LogP contribution in [-0.2, 0) is 0 Å². The average molecular weight is 113 g/mol. The highest BCUT2D eigenvalue weighted by atomic mass is 15.1. The minimum atomic E-state index is 0.954. The normalized spacial score (nSPS) is 19.9. The minimum absolute atomic E-state index is 0.954. The molecule has 0 aromatic rings. The molecule has 0 aromatic heterocycles. The van der Waals surface area contributed by atoms with Gasteiger partial charge in [-0.1, -0.05) is 6.92 Å². The number of hydrogen-bond acceptors (Lipinski definition) is 1. The Hall–Kier alpha value is -0.0400. The summed E-state index contributed by atoms with van der Waals surface area (Å²) in [5.74, 6) is 0. The molecule has 0 heterocycles. The van der Waals surface area contributed by atoms with Gasteiger partial charge in [-0.15, -0.1) is 0 Å². The summed E-state index contributed by atoms with van der Waals surface area (Å²) >= 11 is 0. The summed E-state index contributed by atoms with van der Waals surface area (Å²) < 4.78 is 0. The molecule has 0 amide bonds. The standard InChI is InChI=1S/C7H15N/c1-3-6-8(2)7-4-5-7/h7H,3-6H2,1-2H3. The second-order valence-corrected chi connectivity index (χ2v) is 2.71. The molecule has 1 aliphatic carbocycles. The molecule has 0 aliphatic heterocycles. The van der Waals surface area contributed by atoms with Crippen molar-refractivity contribution in [2.75, 3.05) is 13.6 Å². The lowest BCUT2D eigenvalue weighted by molar-refractivity contribution is 0.325.